The van der Waals surface area contributed by atoms with E-state index in [9.17, 15) is 18.7 Å². The smallest absolute Gasteiger partial charge is 0.378 e. The summed E-state index contributed by atoms with van der Waals surface area (Å²) in [5.41, 5.74) is 1.34. The second-order valence-corrected chi connectivity index (χ2v) is 6.90. The van der Waals surface area contributed by atoms with E-state index in [2.05, 4.69) is 10.1 Å². The summed E-state index contributed by atoms with van der Waals surface area (Å²) in [6, 6.07) is 4.04. The van der Waals surface area contributed by atoms with E-state index in [1.54, 1.807) is 19.2 Å². The van der Waals surface area contributed by atoms with Gasteiger partial charge in [0.2, 0.25) is 0 Å². The molecule has 0 saturated heterocycles. The Bertz CT molecular complexity index is 1050. The highest BCUT2D eigenvalue weighted by Crippen LogP contribution is 2.37. The summed E-state index contributed by atoms with van der Waals surface area (Å²) in [5.74, 6) is -1.90. The molecule has 1 aromatic carbocycles. The monoisotopic (exact) mass is 460 g/mol. The fraction of sp³-hybridized carbons (Fsp3) is 0.188. The molecule has 2 heterocycles. The van der Waals surface area contributed by atoms with Crippen molar-refractivity contribution < 1.29 is 23.4 Å². The lowest BCUT2D eigenvalue weighted by atomic mass is 10.2. The lowest BCUT2D eigenvalue weighted by Gasteiger charge is -2.15. The topological polar surface area (TPSA) is 89.3 Å². The van der Waals surface area contributed by atoms with Crippen molar-refractivity contribution in [3.05, 3.63) is 35.2 Å². The first kappa shape index (κ1) is 19.3. The van der Waals surface area contributed by atoms with Gasteiger partial charge in [-0.15, -0.1) is 0 Å². The van der Waals surface area contributed by atoms with Crippen LogP contribution in [0.3, 0.4) is 0 Å². The Morgan fingerprint density at radius 2 is 2.11 bits per heavy atom. The van der Waals surface area contributed by atoms with Crippen molar-refractivity contribution in [2.45, 2.75) is 11.8 Å². The van der Waals surface area contributed by atoms with Crippen LogP contribution in [0.1, 0.15) is 5.69 Å². The van der Waals surface area contributed by atoms with E-state index in [4.69, 9.17) is 16.3 Å². The average Bonchev–Trinajstić information content (AvgIpc) is 2.91. The molecule has 0 aliphatic carbocycles. The molecular weight excluding hydrogens is 450 g/mol. The first-order valence-corrected chi connectivity index (χ1v) is 8.59. The van der Waals surface area contributed by atoms with Gasteiger partial charge in [-0.25, -0.2) is 9.67 Å². The number of carbonyl (C=O) groups is 1. The van der Waals surface area contributed by atoms with Gasteiger partial charge in [0.15, 0.2) is 0 Å². The molecule has 0 atom stereocenters. The zero-order valence-corrected chi connectivity index (χ0v) is 16.3. The molecule has 0 aliphatic heterocycles. The molecule has 27 heavy (non-hydrogen) atoms. The molecule has 0 spiro atoms. The second kappa shape index (κ2) is 6.93. The average molecular weight is 462 g/mol. The first-order chi connectivity index (χ1) is 12.6. The summed E-state index contributed by atoms with van der Waals surface area (Å²) in [6.45, 7) is 1.77. The summed E-state index contributed by atoms with van der Waals surface area (Å²) in [6.07, 6.45) is 1.56. The van der Waals surface area contributed by atoms with E-state index < -0.39 is 16.5 Å². The van der Waals surface area contributed by atoms with Gasteiger partial charge in [0.05, 0.1) is 24.0 Å². The number of ether oxygens (including phenoxy) is 1. The third kappa shape index (κ3) is 3.67. The quantitative estimate of drug-likeness (QED) is 0.348. The van der Waals surface area contributed by atoms with Gasteiger partial charge in [-0.2, -0.15) is 13.9 Å². The number of nitrogens with zero attached hydrogens (tertiary/aromatic N) is 3. The molecule has 0 bridgehead atoms. The number of aromatic hydroxyl groups is 1. The van der Waals surface area contributed by atoms with Crippen molar-refractivity contribution in [2.75, 3.05) is 12.4 Å². The summed E-state index contributed by atoms with van der Waals surface area (Å²) in [5, 5.41) is 17.5. The third-order valence-corrected chi connectivity index (χ3v) is 4.31. The van der Waals surface area contributed by atoms with Gasteiger partial charge in [-0.05, 0) is 6.92 Å². The molecule has 3 rings (SSSR count). The fourth-order valence-corrected chi connectivity index (χ4v) is 2.75. The number of methoxy groups -OCH3 is 1. The van der Waals surface area contributed by atoms with Crippen molar-refractivity contribution in [3.63, 3.8) is 0 Å². The van der Waals surface area contributed by atoms with Crippen LogP contribution in [0.2, 0.25) is 5.15 Å². The number of pyridine rings is 1. The van der Waals surface area contributed by atoms with Gasteiger partial charge in [0, 0.05) is 45.7 Å². The minimum absolute atomic E-state index is 0.179. The Hall–Kier alpha value is -2.46. The van der Waals surface area contributed by atoms with E-state index in [0.29, 0.717) is 16.9 Å². The van der Waals surface area contributed by atoms with E-state index >= 15 is 0 Å². The number of phenolic OH excluding ortho intramolecular Hbond substituents is 1. The number of benzene rings is 1. The molecule has 0 saturated carbocycles. The van der Waals surface area contributed by atoms with Crippen molar-refractivity contribution in [1.29, 1.82) is 0 Å². The normalized spacial score (nSPS) is 11.6. The van der Waals surface area contributed by atoms with Crippen LogP contribution in [0, 0.1) is 6.92 Å². The number of hydrogen-bond donors (Lipinski definition) is 2. The summed E-state index contributed by atoms with van der Waals surface area (Å²) in [7, 11) is 1.35. The Morgan fingerprint density at radius 3 is 2.74 bits per heavy atom. The lowest BCUT2D eigenvalue weighted by molar-refractivity contribution is -0.128. The molecule has 11 heteroatoms. The molecular formula is C16H12BrClF2N4O3. The Labute approximate surface area is 165 Å². The Kier molecular flexibility index (Phi) is 4.96. The highest BCUT2D eigenvalue weighted by atomic mass is 79.9. The van der Waals surface area contributed by atoms with E-state index in [-0.39, 0.29) is 16.6 Å². The predicted molar refractivity (Wildman–Crippen MR) is 99.3 cm³/mol. The molecule has 142 valence electrons. The fourth-order valence-electron chi connectivity index (χ4n) is 2.50. The first-order valence-electron chi connectivity index (χ1n) is 7.42. The number of alkyl halides is 3. The number of hydrogen-bond acceptors (Lipinski definition) is 5. The summed E-state index contributed by atoms with van der Waals surface area (Å²) in [4.78, 5) is 11.7. The van der Waals surface area contributed by atoms with Crippen LogP contribution in [-0.4, -0.2) is 37.7 Å². The number of phenols is 1. The molecule has 1 amide bonds. The van der Waals surface area contributed by atoms with Gasteiger partial charge in [0.1, 0.15) is 22.3 Å². The largest absolute Gasteiger partial charge is 0.506 e. The number of halogens is 4. The standard InChI is InChI=1S/C16H12BrClF2N4O3/c1-7-8-6-21-14(18)5-10(8)24(23-7)11-4-12(25)9(3-13(11)27-2)22-15(26)16(17,19)20/h3-6,25H,1-2H3,(H,22,26). The number of carbonyl (C=O) groups excluding carboxylic acids is 1. The van der Waals surface area contributed by atoms with E-state index in [1.807, 2.05) is 21.2 Å². The maximum absolute atomic E-state index is 13.0. The zero-order chi connectivity index (χ0) is 19.9. The van der Waals surface area contributed by atoms with Gasteiger partial charge >= 0.3 is 10.7 Å². The molecule has 0 fully saturated rings. The lowest BCUT2D eigenvalue weighted by Crippen LogP contribution is -2.28. The van der Waals surface area contributed by atoms with Crippen molar-refractivity contribution in [1.82, 2.24) is 14.8 Å². The van der Waals surface area contributed by atoms with Gasteiger partial charge in [0.25, 0.3) is 0 Å². The number of fused-ring (bicyclic) bond motifs is 1. The van der Waals surface area contributed by atoms with E-state index in [1.165, 1.54) is 23.9 Å². The highest BCUT2D eigenvalue weighted by molar-refractivity contribution is 9.10. The zero-order valence-electron chi connectivity index (χ0n) is 13.9. The third-order valence-electron chi connectivity index (χ3n) is 3.75. The molecule has 0 aliphatic rings. The van der Waals surface area contributed by atoms with Crippen LogP contribution in [-0.2, 0) is 4.79 Å². The number of rotatable bonds is 4. The van der Waals surface area contributed by atoms with Crippen molar-refractivity contribution in [2.24, 2.45) is 0 Å². The van der Waals surface area contributed by atoms with E-state index in [0.717, 1.165) is 5.39 Å². The van der Waals surface area contributed by atoms with Gasteiger partial charge in [-0.1, -0.05) is 11.6 Å². The SMILES string of the molecule is COc1cc(NC(=O)C(F)(F)Br)c(O)cc1-n1nc(C)c2cnc(Cl)cc21. The Morgan fingerprint density at radius 1 is 1.41 bits per heavy atom. The molecule has 2 aromatic heterocycles. The van der Waals surface area contributed by atoms with Crippen LogP contribution in [0.5, 0.6) is 11.5 Å². The maximum atomic E-state index is 13.0. The maximum Gasteiger partial charge on any atom is 0.378 e. The number of aryl methyl sites for hydroxylation is 1. The summed E-state index contributed by atoms with van der Waals surface area (Å²) < 4.78 is 32.8. The minimum Gasteiger partial charge on any atom is -0.506 e. The summed E-state index contributed by atoms with van der Waals surface area (Å²) >= 11 is 7.92. The predicted octanol–water partition coefficient (Wildman–Crippen LogP) is 4.02. The van der Waals surface area contributed by atoms with Crippen LogP contribution in [0.25, 0.3) is 16.6 Å². The minimum atomic E-state index is -3.79. The molecule has 0 radical (unpaired) electrons. The second-order valence-electron chi connectivity index (χ2n) is 5.51. The molecule has 0 unspecified atom stereocenters. The van der Waals surface area contributed by atoms with Gasteiger partial charge in [-0.3, -0.25) is 4.79 Å². The number of anilines is 1. The van der Waals surface area contributed by atoms with Crippen molar-refractivity contribution in [3.8, 4) is 17.2 Å². The van der Waals surface area contributed by atoms with Crippen LogP contribution < -0.4 is 10.1 Å². The van der Waals surface area contributed by atoms with Gasteiger partial charge < -0.3 is 15.2 Å². The highest BCUT2D eigenvalue weighted by Gasteiger charge is 2.35. The van der Waals surface area contributed by atoms with Crippen LogP contribution >= 0.6 is 27.5 Å². The van der Waals surface area contributed by atoms with Crippen LogP contribution in [0.4, 0.5) is 14.5 Å². The number of amides is 1. The number of aromatic nitrogens is 3. The molecule has 7 nitrogen and oxygen atoms in total. The molecule has 3 aromatic rings. The molecule has 2 N–H and O–H groups in total. The van der Waals surface area contributed by atoms with Crippen molar-refractivity contribution >= 4 is 50.0 Å². The number of nitrogens with one attached hydrogen (secondary N) is 1. The van der Waals surface area contributed by atoms with Crippen LogP contribution in [0.15, 0.2) is 24.4 Å². The Balaban J connectivity index is 2.14.